The molecule has 5 nitrogen and oxygen atoms in total. The average Bonchev–Trinajstić information content (AvgIpc) is 2.26. The minimum Gasteiger partial charge on any atom is -0.504 e. The summed E-state index contributed by atoms with van der Waals surface area (Å²) in [5.74, 6) is -0.498. The van der Waals surface area contributed by atoms with Crippen LogP contribution in [0.15, 0.2) is 18.2 Å². The van der Waals surface area contributed by atoms with E-state index in [0.29, 0.717) is 11.3 Å². The number of hydrogen-bond donors (Lipinski definition) is 2. The molecule has 1 rings (SSSR count). The van der Waals surface area contributed by atoms with E-state index in [9.17, 15) is 9.90 Å². The van der Waals surface area contributed by atoms with Crippen molar-refractivity contribution in [1.82, 2.24) is 0 Å². The maximum absolute atomic E-state index is 10.4. The van der Waals surface area contributed by atoms with Crippen LogP contribution < -0.4 is 9.47 Å². The summed E-state index contributed by atoms with van der Waals surface area (Å²) in [5, 5.41) is 18.0. The zero-order chi connectivity index (χ0) is 12.1. The lowest BCUT2D eigenvalue weighted by atomic mass is 10.1. The topological polar surface area (TPSA) is 76.0 Å². The number of carbonyl (C=O) groups is 1. The second-order valence-corrected chi connectivity index (χ2v) is 2.94. The minimum absolute atomic E-state index is 0.0631. The molecule has 1 aromatic rings. The summed E-state index contributed by atoms with van der Waals surface area (Å²) in [7, 11) is 2.84. The van der Waals surface area contributed by atoms with Crippen LogP contribution in [0.5, 0.6) is 17.2 Å². The van der Waals surface area contributed by atoms with Gasteiger partial charge in [-0.05, 0) is 12.1 Å². The van der Waals surface area contributed by atoms with Gasteiger partial charge >= 0.3 is 5.97 Å². The van der Waals surface area contributed by atoms with Crippen LogP contribution in [0, 0.1) is 0 Å². The number of ether oxygens (including phenoxy) is 2. The van der Waals surface area contributed by atoms with Gasteiger partial charge in [0.05, 0.1) is 14.2 Å². The van der Waals surface area contributed by atoms with Gasteiger partial charge in [0.2, 0.25) is 0 Å². The summed E-state index contributed by atoms with van der Waals surface area (Å²) >= 11 is 0. The molecule has 0 amide bonds. The first-order chi connectivity index (χ1) is 7.58. The number of carboxylic acid groups (broad SMARTS) is 1. The first kappa shape index (κ1) is 11.9. The largest absolute Gasteiger partial charge is 0.504 e. The van der Waals surface area contributed by atoms with Crippen molar-refractivity contribution in [3.05, 3.63) is 23.8 Å². The van der Waals surface area contributed by atoms with E-state index < -0.39 is 5.97 Å². The lowest BCUT2D eigenvalue weighted by molar-refractivity contribution is -0.131. The molecule has 0 saturated carbocycles. The summed E-state index contributed by atoms with van der Waals surface area (Å²) in [4.78, 5) is 10.4. The van der Waals surface area contributed by atoms with Crippen LogP contribution >= 0.6 is 0 Å². The third-order valence-corrected chi connectivity index (χ3v) is 1.94. The van der Waals surface area contributed by atoms with Crippen LogP contribution in [0.4, 0.5) is 0 Å². The van der Waals surface area contributed by atoms with Crippen molar-refractivity contribution in [2.75, 3.05) is 14.2 Å². The molecule has 0 aliphatic heterocycles. The van der Waals surface area contributed by atoms with Crippen molar-refractivity contribution in [2.24, 2.45) is 0 Å². The third kappa shape index (κ3) is 2.66. The van der Waals surface area contributed by atoms with E-state index in [1.54, 1.807) is 0 Å². The van der Waals surface area contributed by atoms with Crippen molar-refractivity contribution >= 4 is 12.0 Å². The Hall–Kier alpha value is -2.17. The average molecular weight is 224 g/mol. The molecule has 86 valence electrons. The molecule has 16 heavy (non-hydrogen) atoms. The van der Waals surface area contributed by atoms with E-state index in [0.717, 1.165) is 6.08 Å². The Balaban J connectivity index is 3.19. The number of benzene rings is 1. The van der Waals surface area contributed by atoms with Gasteiger partial charge in [0, 0.05) is 17.7 Å². The van der Waals surface area contributed by atoms with Gasteiger partial charge in [0.25, 0.3) is 0 Å². The predicted molar refractivity (Wildman–Crippen MR) is 57.9 cm³/mol. The van der Waals surface area contributed by atoms with E-state index in [1.165, 1.54) is 32.4 Å². The van der Waals surface area contributed by atoms with Crippen LogP contribution in [-0.2, 0) is 4.79 Å². The molecule has 2 N–H and O–H groups in total. The predicted octanol–water partition coefficient (Wildman–Crippen LogP) is 1.51. The number of hydrogen-bond acceptors (Lipinski definition) is 4. The van der Waals surface area contributed by atoms with Gasteiger partial charge in [-0.1, -0.05) is 0 Å². The number of rotatable bonds is 4. The Morgan fingerprint density at radius 2 is 1.88 bits per heavy atom. The van der Waals surface area contributed by atoms with Gasteiger partial charge in [-0.3, -0.25) is 0 Å². The molecular weight excluding hydrogens is 212 g/mol. The maximum Gasteiger partial charge on any atom is 0.328 e. The van der Waals surface area contributed by atoms with Gasteiger partial charge in [0.1, 0.15) is 5.75 Å². The van der Waals surface area contributed by atoms with Crippen molar-refractivity contribution in [1.29, 1.82) is 0 Å². The molecule has 0 aliphatic rings. The van der Waals surface area contributed by atoms with E-state index in [2.05, 4.69) is 0 Å². The smallest absolute Gasteiger partial charge is 0.328 e. The summed E-state index contributed by atoms with van der Waals surface area (Å²) in [6.07, 6.45) is 2.34. The molecule has 0 fully saturated rings. The molecule has 0 bridgehead atoms. The van der Waals surface area contributed by atoms with E-state index in [1.807, 2.05) is 0 Å². The van der Waals surface area contributed by atoms with Gasteiger partial charge in [0.15, 0.2) is 11.5 Å². The number of phenols is 1. The molecule has 0 heterocycles. The lowest BCUT2D eigenvalue weighted by Gasteiger charge is -2.09. The number of methoxy groups -OCH3 is 2. The molecule has 0 unspecified atom stereocenters. The standard InChI is InChI=1S/C11H12O5/c1-15-9-6-8(12)10(16-2)5-7(9)3-4-11(13)14/h3-6,12H,1-2H3,(H,13,14)/b4-3+. The Morgan fingerprint density at radius 1 is 1.25 bits per heavy atom. The fraction of sp³-hybridized carbons (Fsp3) is 0.182. The first-order valence-corrected chi connectivity index (χ1v) is 4.44. The van der Waals surface area contributed by atoms with Crippen molar-refractivity contribution in [2.45, 2.75) is 0 Å². The third-order valence-electron chi connectivity index (χ3n) is 1.94. The number of aliphatic carboxylic acids is 1. The quantitative estimate of drug-likeness (QED) is 0.758. The van der Waals surface area contributed by atoms with E-state index in [-0.39, 0.29) is 11.5 Å². The fourth-order valence-electron chi connectivity index (χ4n) is 1.20. The van der Waals surface area contributed by atoms with Crippen LogP contribution in [0.25, 0.3) is 6.08 Å². The van der Waals surface area contributed by atoms with Crippen molar-refractivity contribution < 1.29 is 24.5 Å². The number of carboxylic acids is 1. The summed E-state index contributed by atoms with van der Waals surface area (Å²) in [5.41, 5.74) is 0.513. The molecular formula is C11H12O5. The van der Waals surface area contributed by atoms with Crippen LogP contribution in [-0.4, -0.2) is 30.4 Å². The SMILES string of the molecule is COc1cc(/C=C/C(=O)O)c(OC)cc1O. The Morgan fingerprint density at radius 3 is 2.38 bits per heavy atom. The first-order valence-electron chi connectivity index (χ1n) is 4.44. The van der Waals surface area contributed by atoms with E-state index in [4.69, 9.17) is 14.6 Å². The zero-order valence-corrected chi connectivity index (χ0v) is 8.93. The summed E-state index contributed by atoms with van der Waals surface area (Å²) < 4.78 is 9.90. The highest BCUT2D eigenvalue weighted by Crippen LogP contribution is 2.34. The maximum atomic E-state index is 10.4. The lowest BCUT2D eigenvalue weighted by Crippen LogP contribution is -1.92. The molecule has 0 aliphatic carbocycles. The Kier molecular flexibility index (Phi) is 3.77. The molecule has 0 saturated heterocycles. The minimum atomic E-state index is -1.06. The highest BCUT2D eigenvalue weighted by Gasteiger charge is 2.08. The van der Waals surface area contributed by atoms with Crippen LogP contribution in [0.1, 0.15) is 5.56 Å². The van der Waals surface area contributed by atoms with Crippen molar-refractivity contribution in [3.8, 4) is 17.2 Å². The highest BCUT2D eigenvalue weighted by molar-refractivity contribution is 5.86. The zero-order valence-electron chi connectivity index (χ0n) is 8.93. The normalized spacial score (nSPS) is 10.4. The monoisotopic (exact) mass is 224 g/mol. The van der Waals surface area contributed by atoms with Crippen molar-refractivity contribution in [3.63, 3.8) is 0 Å². The van der Waals surface area contributed by atoms with Crippen LogP contribution in [0.3, 0.4) is 0 Å². The van der Waals surface area contributed by atoms with Crippen LogP contribution in [0.2, 0.25) is 0 Å². The number of aromatic hydroxyl groups is 1. The van der Waals surface area contributed by atoms with Gasteiger partial charge < -0.3 is 19.7 Å². The molecule has 5 heteroatoms. The fourth-order valence-corrected chi connectivity index (χ4v) is 1.20. The molecule has 1 aromatic carbocycles. The van der Waals surface area contributed by atoms with Gasteiger partial charge in [-0.15, -0.1) is 0 Å². The highest BCUT2D eigenvalue weighted by atomic mass is 16.5. The molecule has 0 radical (unpaired) electrons. The molecule has 0 spiro atoms. The summed E-state index contributed by atoms with van der Waals surface area (Å²) in [6, 6.07) is 2.86. The Labute approximate surface area is 92.5 Å². The molecule has 0 atom stereocenters. The Bertz CT molecular complexity index is 423. The van der Waals surface area contributed by atoms with Gasteiger partial charge in [-0.2, -0.15) is 0 Å². The number of phenolic OH excluding ortho intramolecular Hbond substituents is 1. The molecule has 0 aromatic heterocycles. The van der Waals surface area contributed by atoms with E-state index >= 15 is 0 Å². The second kappa shape index (κ2) is 5.06. The second-order valence-electron chi connectivity index (χ2n) is 2.94. The van der Waals surface area contributed by atoms with Gasteiger partial charge in [-0.25, -0.2) is 4.79 Å². The summed E-state index contributed by atoms with van der Waals surface area (Å²) in [6.45, 7) is 0.